The molecule has 2 aliphatic heterocycles. The minimum absolute atomic E-state index is 0.170. The maximum absolute atomic E-state index is 10.3. The van der Waals surface area contributed by atoms with E-state index in [0.29, 0.717) is 28.3 Å². The molecule has 1 aliphatic carbocycles. The predicted octanol–water partition coefficient (Wildman–Crippen LogP) is 3.55. The fourth-order valence-electron chi connectivity index (χ4n) is 6.15. The number of likely N-dealkylation sites (tertiary alicyclic amines) is 1. The monoisotopic (exact) mass is 524 g/mol. The molecule has 1 aromatic carbocycles. The summed E-state index contributed by atoms with van der Waals surface area (Å²) in [6.07, 6.45) is 8.21. The van der Waals surface area contributed by atoms with Crippen LogP contribution in [0.25, 0.3) is 11.3 Å². The van der Waals surface area contributed by atoms with Crippen LogP contribution in [0.5, 0.6) is 5.75 Å². The molecule has 9 heteroatoms. The smallest absolute Gasteiger partial charge is 0.206 e. The first-order chi connectivity index (χ1) is 19.0. The second kappa shape index (κ2) is 10.7. The van der Waals surface area contributed by atoms with E-state index in [1.807, 2.05) is 30.5 Å². The highest BCUT2D eigenvalue weighted by Gasteiger charge is 2.42. The SMILES string of the molecule is C[C@H]1CCN(c2cc(-c3ccccc3O)nnc2N)CCN1c1ccnc(C#CCN2CCC3(CCC3)C2)n1. The molecule has 2 saturated heterocycles. The molecule has 4 heterocycles. The number of rotatable bonds is 4. The van der Waals surface area contributed by atoms with Crippen LogP contribution in [0.15, 0.2) is 42.6 Å². The Labute approximate surface area is 230 Å². The van der Waals surface area contributed by atoms with Crippen molar-refractivity contribution in [2.24, 2.45) is 5.41 Å². The number of anilines is 3. The zero-order valence-electron chi connectivity index (χ0n) is 22.6. The van der Waals surface area contributed by atoms with Crippen molar-refractivity contribution in [1.82, 2.24) is 25.1 Å². The molecule has 1 spiro atoms. The highest BCUT2D eigenvalue weighted by Crippen LogP contribution is 2.47. The lowest BCUT2D eigenvalue weighted by Gasteiger charge is -2.38. The third kappa shape index (κ3) is 5.34. The van der Waals surface area contributed by atoms with Gasteiger partial charge in [-0.3, -0.25) is 4.90 Å². The molecular formula is C30H36N8O. The van der Waals surface area contributed by atoms with Crippen LogP contribution in [0.1, 0.15) is 44.9 Å². The second-order valence-electron chi connectivity index (χ2n) is 11.2. The Bertz CT molecular complexity index is 1390. The van der Waals surface area contributed by atoms with Gasteiger partial charge in [0.05, 0.1) is 17.9 Å². The van der Waals surface area contributed by atoms with Gasteiger partial charge >= 0.3 is 0 Å². The summed E-state index contributed by atoms with van der Waals surface area (Å²) in [4.78, 5) is 16.3. The van der Waals surface area contributed by atoms with Crippen molar-refractivity contribution in [3.05, 3.63) is 48.4 Å². The van der Waals surface area contributed by atoms with Gasteiger partial charge in [-0.15, -0.1) is 10.2 Å². The fourth-order valence-corrected chi connectivity index (χ4v) is 6.15. The van der Waals surface area contributed by atoms with E-state index in [9.17, 15) is 5.11 Å². The molecule has 0 unspecified atom stereocenters. The van der Waals surface area contributed by atoms with Crippen molar-refractivity contribution in [3.63, 3.8) is 0 Å². The van der Waals surface area contributed by atoms with Gasteiger partial charge in [0.15, 0.2) is 5.82 Å². The van der Waals surface area contributed by atoms with Crippen LogP contribution in [0.4, 0.5) is 17.3 Å². The number of aromatic nitrogens is 4. The van der Waals surface area contributed by atoms with Gasteiger partial charge in [0.1, 0.15) is 11.6 Å². The molecule has 1 atom stereocenters. The van der Waals surface area contributed by atoms with E-state index in [1.165, 1.54) is 32.2 Å². The number of para-hydroxylation sites is 1. The van der Waals surface area contributed by atoms with Gasteiger partial charge < -0.3 is 20.6 Å². The fraction of sp³-hybridized carbons (Fsp3) is 0.467. The molecule has 0 bridgehead atoms. The first kappa shape index (κ1) is 25.4. The summed E-state index contributed by atoms with van der Waals surface area (Å²) in [6.45, 7) is 7.70. The van der Waals surface area contributed by atoms with E-state index in [2.05, 4.69) is 48.6 Å². The van der Waals surface area contributed by atoms with E-state index in [-0.39, 0.29) is 11.8 Å². The van der Waals surface area contributed by atoms with E-state index in [1.54, 1.807) is 12.1 Å². The van der Waals surface area contributed by atoms with Gasteiger partial charge in [-0.25, -0.2) is 9.97 Å². The summed E-state index contributed by atoms with van der Waals surface area (Å²) >= 11 is 0. The first-order valence-electron chi connectivity index (χ1n) is 14.0. The van der Waals surface area contributed by atoms with Crippen LogP contribution in [0.3, 0.4) is 0 Å². The summed E-state index contributed by atoms with van der Waals surface area (Å²) in [6, 6.07) is 11.3. The summed E-state index contributed by atoms with van der Waals surface area (Å²) in [5.74, 6) is 8.56. The van der Waals surface area contributed by atoms with Gasteiger partial charge in [-0.1, -0.05) is 24.5 Å². The molecule has 3 fully saturated rings. The maximum atomic E-state index is 10.3. The molecule has 1 saturated carbocycles. The zero-order chi connectivity index (χ0) is 26.8. The average molecular weight is 525 g/mol. The standard InChI is InChI=1S/C30H36N8O/c1-22-10-16-37(25-20-24(34-35-29(25)31)23-6-2-3-7-26(23)39)18-19-38(22)28-9-14-32-27(33-28)8-4-15-36-17-13-30(21-36)11-5-12-30/h2-3,6-7,9,14,20,22,39H,5,10-13,15-19,21H2,1H3,(H2,31,35)/t22-/m0/s1. The van der Waals surface area contributed by atoms with Gasteiger partial charge in [0, 0.05) is 44.0 Å². The Morgan fingerprint density at radius 2 is 1.95 bits per heavy atom. The van der Waals surface area contributed by atoms with Crippen LogP contribution >= 0.6 is 0 Å². The summed E-state index contributed by atoms with van der Waals surface area (Å²) in [5.41, 5.74) is 8.94. The van der Waals surface area contributed by atoms with Gasteiger partial charge in [0.25, 0.3) is 0 Å². The third-order valence-corrected chi connectivity index (χ3v) is 8.65. The van der Waals surface area contributed by atoms with Gasteiger partial charge in [-0.2, -0.15) is 0 Å². The van der Waals surface area contributed by atoms with Crippen LogP contribution in [-0.2, 0) is 0 Å². The van der Waals surface area contributed by atoms with E-state index in [4.69, 9.17) is 10.7 Å². The molecule has 3 N–H and O–H groups in total. The molecule has 0 radical (unpaired) electrons. The first-order valence-corrected chi connectivity index (χ1v) is 14.0. The number of aromatic hydroxyl groups is 1. The lowest BCUT2D eigenvalue weighted by Crippen LogP contribution is -2.35. The van der Waals surface area contributed by atoms with E-state index >= 15 is 0 Å². The highest BCUT2D eigenvalue weighted by atomic mass is 16.3. The lowest BCUT2D eigenvalue weighted by molar-refractivity contribution is 0.143. The molecule has 39 heavy (non-hydrogen) atoms. The molecule has 202 valence electrons. The van der Waals surface area contributed by atoms with Gasteiger partial charge in [0.2, 0.25) is 5.82 Å². The van der Waals surface area contributed by atoms with Crippen molar-refractivity contribution in [3.8, 4) is 28.8 Å². The minimum Gasteiger partial charge on any atom is -0.507 e. The Balaban J connectivity index is 1.14. The third-order valence-electron chi connectivity index (χ3n) is 8.65. The molecule has 0 amide bonds. The van der Waals surface area contributed by atoms with Crippen molar-refractivity contribution in [2.45, 2.75) is 45.1 Å². The van der Waals surface area contributed by atoms with Crippen molar-refractivity contribution >= 4 is 17.3 Å². The Morgan fingerprint density at radius 1 is 1.08 bits per heavy atom. The lowest BCUT2D eigenvalue weighted by atomic mass is 9.68. The Kier molecular flexibility index (Phi) is 6.96. The second-order valence-corrected chi connectivity index (χ2v) is 11.2. The molecule has 2 aromatic heterocycles. The van der Waals surface area contributed by atoms with Crippen LogP contribution in [0.2, 0.25) is 0 Å². The molecular weight excluding hydrogens is 488 g/mol. The van der Waals surface area contributed by atoms with Crippen LogP contribution in [0, 0.1) is 17.3 Å². The number of hydrogen-bond acceptors (Lipinski definition) is 9. The number of phenolic OH excluding ortho intramolecular Hbond substituents is 1. The maximum Gasteiger partial charge on any atom is 0.206 e. The molecule has 9 nitrogen and oxygen atoms in total. The van der Waals surface area contributed by atoms with Crippen LogP contribution < -0.4 is 15.5 Å². The van der Waals surface area contributed by atoms with E-state index in [0.717, 1.165) is 50.6 Å². The summed E-state index contributed by atoms with van der Waals surface area (Å²) < 4.78 is 0. The van der Waals surface area contributed by atoms with Crippen molar-refractivity contribution in [2.75, 3.05) is 54.8 Å². The summed E-state index contributed by atoms with van der Waals surface area (Å²) in [7, 11) is 0. The molecule has 3 aliphatic rings. The topological polar surface area (TPSA) is 108 Å². The zero-order valence-corrected chi connectivity index (χ0v) is 22.6. The number of nitrogens with zero attached hydrogens (tertiary/aromatic N) is 7. The number of phenols is 1. The Hall–Kier alpha value is -3.90. The number of hydrogen-bond donors (Lipinski definition) is 2. The number of nitrogen functional groups attached to an aromatic ring is 1. The summed E-state index contributed by atoms with van der Waals surface area (Å²) in [5, 5.41) is 18.7. The van der Waals surface area contributed by atoms with Crippen molar-refractivity contribution in [1.29, 1.82) is 0 Å². The largest absolute Gasteiger partial charge is 0.507 e. The highest BCUT2D eigenvalue weighted by molar-refractivity contribution is 5.74. The minimum atomic E-state index is 0.170. The van der Waals surface area contributed by atoms with Gasteiger partial charge in [-0.05, 0) is 74.8 Å². The average Bonchev–Trinajstić information content (AvgIpc) is 3.28. The predicted molar refractivity (Wildman–Crippen MR) is 153 cm³/mol. The quantitative estimate of drug-likeness (QED) is 0.496. The molecule has 3 aromatic rings. The number of nitrogens with two attached hydrogens (primary N) is 1. The Morgan fingerprint density at radius 3 is 2.74 bits per heavy atom. The van der Waals surface area contributed by atoms with Crippen molar-refractivity contribution < 1.29 is 5.11 Å². The normalized spacial score (nSPS) is 20.8. The van der Waals surface area contributed by atoms with Crippen LogP contribution in [-0.4, -0.2) is 75.5 Å². The van der Waals surface area contributed by atoms with E-state index < -0.39 is 0 Å². The number of benzene rings is 1. The molecule has 6 rings (SSSR count).